The van der Waals surface area contributed by atoms with Gasteiger partial charge in [-0.3, -0.25) is 0 Å². The van der Waals surface area contributed by atoms with E-state index in [0.29, 0.717) is 5.92 Å². The highest BCUT2D eigenvalue weighted by Gasteiger charge is 2.32. The fraction of sp³-hybridized carbons (Fsp3) is 0.571. The van der Waals surface area contributed by atoms with Gasteiger partial charge in [-0.05, 0) is 53.0 Å². The predicted octanol–water partition coefficient (Wildman–Crippen LogP) is 3.14. The average Bonchev–Trinajstić information content (AvgIpc) is 2.77. The molecule has 1 fully saturated rings. The van der Waals surface area contributed by atoms with Crippen molar-refractivity contribution in [3.8, 4) is 5.75 Å². The van der Waals surface area contributed by atoms with E-state index in [1.54, 1.807) is 7.11 Å². The van der Waals surface area contributed by atoms with E-state index in [2.05, 4.69) is 40.3 Å². The van der Waals surface area contributed by atoms with Crippen LogP contribution in [0.15, 0.2) is 22.7 Å². The van der Waals surface area contributed by atoms with Gasteiger partial charge in [0.1, 0.15) is 5.75 Å². The molecular formula is C14H20BrNO2. The van der Waals surface area contributed by atoms with Crippen LogP contribution in [0.2, 0.25) is 0 Å². The SMILES string of the molecule is CNC(c1ccc(OC)c(Br)c1)C1OCCC1C. The summed E-state index contributed by atoms with van der Waals surface area (Å²) in [5.41, 5.74) is 1.23. The lowest BCUT2D eigenvalue weighted by atomic mass is 9.92. The van der Waals surface area contributed by atoms with Crippen LogP contribution < -0.4 is 10.1 Å². The van der Waals surface area contributed by atoms with Crippen LogP contribution in [0.1, 0.15) is 24.9 Å². The van der Waals surface area contributed by atoms with Crippen LogP contribution in [-0.2, 0) is 4.74 Å². The van der Waals surface area contributed by atoms with Gasteiger partial charge in [0.2, 0.25) is 0 Å². The lowest BCUT2D eigenvalue weighted by Gasteiger charge is -2.26. The zero-order valence-electron chi connectivity index (χ0n) is 11.1. The van der Waals surface area contributed by atoms with Gasteiger partial charge in [-0.15, -0.1) is 0 Å². The third-order valence-corrected chi connectivity index (χ3v) is 4.24. The van der Waals surface area contributed by atoms with E-state index in [1.807, 2.05) is 13.1 Å². The Labute approximate surface area is 117 Å². The van der Waals surface area contributed by atoms with Gasteiger partial charge in [0, 0.05) is 6.61 Å². The van der Waals surface area contributed by atoms with Crippen LogP contribution in [0.25, 0.3) is 0 Å². The normalized spacial score (nSPS) is 25.1. The second kappa shape index (κ2) is 6.04. The molecule has 3 unspecified atom stereocenters. The Hall–Kier alpha value is -0.580. The van der Waals surface area contributed by atoms with E-state index in [-0.39, 0.29) is 12.1 Å². The Balaban J connectivity index is 2.24. The van der Waals surface area contributed by atoms with Crippen molar-refractivity contribution in [2.24, 2.45) is 5.92 Å². The number of halogens is 1. The molecule has 1 saturated heterocycles. The van der Waals surface area contributed by atoms with E-state index in [4.69, 9.17) is 9.47 Å². The van der Waals surface area contributed by atoms with Crippen molar-refractivity contribution in [3.63, 3.8) is 0 Å². The van der Waals surface area contributed by atoms with Crippen LogP contribution in [0.4, 0.5) is 0 Å². The molecule has 4 heteroatoms. The Morgan fingerprint density at radius 2 is 2.28 bits per heavy atom. The standard InChI is InChI=1S/C14H20BrNO2/c1-9-6-7-18-14(9)13(16-2)10-4-5-12(17-3)11(15)8-10/h4-5,8-9,13-14,16H,6-7H2,1-3H3. The Bertz CT molecular complexity index is 411. The van der Waals surface area contributed by atoms with E-state index in [9.17, 15) is 0 Å². The number of hydrogen-bond donors (Lipinski definition) is 1. The number of rotatable bonds is 4. The first-order chi connectivity index (χ1) is 8.67. The number of nitrogens with one attached hydrogen (secondary N) is 1. The highest BCUT2D eigenvalue weighted by atomic mass is 79.9. The number of hydrogen-bond acceptors (Lipinski definition) is 3. The molecule has 0 spiro atoms. The van der Waals surface area contributed by atoms with Gasteiger partial charge in [-0.25, -0.2) is 0 Å². The summed E-state index contributed by atoms with van der Waals surface area (Å²) in [7, 11) is 3.66. The Morgan fingerprint density at radius 3 is 2.78 bits per heavy atom. The monoisotopic (exact) mass is 313 g/mol. The van der Waals surface area contributed by atoms with Crippen molar-refractivity contribution in [1.82, 2.24) is 5.32 Å². The third kappa shape index (κ3) is 2.71. The van der Waals surface area contributed by atoms with Gasteiger partial charge in [0.25, 0.3) is 0 Å². The van der Waals surface area contributed by atoms with Gasteiger partial charge in [-0.1, -0.05) is 13.0 Å². The van der Waals surface area contributed by atoms with Gasteiger partial charge in [-0.2, -0.15) is 0 Å². The first-order valence-corrected chi connectivity index (χ1v) is 7.09. The van der Waals surface area contributed by atoms with Crippen LogP contribution in [0, 0.1) is 5.92 Å². The van der Waals surface area contributed by atoms with Crippen molar-refractivity contribution in [2.45, 2.75) is 25.5 Å². The summed E-state index contributed by atoms with van der Waals surface area (Å²) in [6.07, 6.45) is 1.38. The van der Waals surface area contributed by atoms with Gasteiger partial charge < -0.3 is 14.8 Å². The van der Waals surface area contributed by atoms with Crippen molar-refractivity contribution >= 4 is 15.9 Å². The number of benzene rings is 1. The molecule has 1 aliphatic heterocycles. The van der Waals surface area contributed by atoms with E-state index >= 15 is 0 Å². The second-order valence-electron chi connectivity index (χ2n) is 4.76. The molecule has 0 aliphatic carbocycles. The Kier molecular flexibility index (Phi) is 4.65. The molecule has 1 aliphatic rings. The quantitative estimate of drug-likeness (QED) is 0.926. The molecule has 3 atom stereocenters. The number of methoxy groups -OCH3 is 1. The minimum atomic E-state index is 0.227. The minimum absolute atomic E-state index is 0.227. The summed E-state index contributed by atoms with van der Waals surface area (Å²) < 4.78 is 12.1. The molecule has 3 nitrogen and oxygen atoms in total. The van der Waals surface area contributed by atoms with Crippen molar-refractivity contribution in [2.75, 3.05) is 20.8 Å². The predicted molar refractivity (Wildman–Crippen MR) is 76.0 cm³/mol. The maximum Gasteiger partial charge on any atom is 0.133 e. The zero-order valence-corrected chi connectivity index (χ0v) is 12.7. The summed E-state index contributed by atoms with van der Waals surface area (Å²) in [4.78, 5) is 0. The third-order valence-electron chi connectivity index (χ3n) is 3.62. The maximum absolute atomic E-state index is 5.86. The fourth-order valence-electron chi connectivity index (χ4n) is 2.54. The van der Waals surface area contributed by atoms with Crippen LogP contribution in [0.5, 0.6) is 5.75 Å². The smallest absolute Gasteiger partial charge is 0.133 e. The lowest BCUT2D eigenvalue weighted by molar-refractivity contribution is 0.0631. The van der Waals surface area contributed by atoms with Gasteiger partial charge >= 0.3 is 0 Å². The topological polar surface area (TPSA) is 30.5 Å². The molecule has 1 aromatic rings. The Morgan fingerprint density at radius 1 is 1.50 bits per heavy atom. The molecule has 1 aromatic carbocycles. The largest absolute Gasteiger partial charge is 0.496 e. The van der Waals surface area contributed by atoms with Crippen molar-refractivity contribution in [1.29, 1.82) is 0 Å². The summed E-state index contributed by atoms with van der Waals surface area (Å²) in [5.74, 6) is 1.44. The van der Waals surface area contributed by atoms with Crippen LogP contribution in [0.3, 0.4) is 0 Å². The molecule has 1 heterocycles. The van der Waals surface area contributed by atoms with E-state index in [1.165, 1.54) is 5.56 Å². The average molecular weight is 314 g/mol. The van der Waals surface area contributed by atoms with Crippen LogP contribution >= 0.6 is 15.9 Å². The molecule has 0 aromatic heterocycles. The molecular weight excluding hydrogens is 294 g/mol. The maximum atomic E-state index is 5.86. The molecule has 0 bridgehead atoms. The minimum Gasteiger partial charge on any atom is -0.496 e. The number of ether oxygens (including phenoxy) is 2. The van der Waals surface area contributed by atoms with E-state index in [0.717, 1.165) is 23.2 Å². The molecule has 0 radical (unpaired) electrons. The van der Waals surface area contributed by atoms with Crippen molar-refractivity contribution < 1.29 is 9.47 Å². The first-order valence-electron chi connectivity index (χ1n) is 6.29. The molecule has 0 amide bonds. The van der Waals surface area contributed by atoms with Crippen LogP contribution in [-0.4, -0.2) is 26.9 Å². The molecule has 1 N–H and O–H groups in total. The summed E-state index contributed by atoms with van der Waals surface area (Å²) in [6, 6.07) is 6.42. The summed E-state index contributed by atoms with van der Waals surface area (Å²) in [6.45, 7) is 3.11. The molecule has 18 heavy (non-hydrogen) atoms. The fourth-order valence-corrected chi connectivity index (χ4v) is 3.10. The van der Waals surface area contributed by atoms with E-state index < -0.39 is 0 Å². The van der Waals surface area contributed by atoms with Crippen molar-refractivity contribution in [3.05, 3.63) is 28.2 Å². The number of likely N-dealkylation sites (N-methyl/N-ethyl adjacent to an activating group) is 1. The summed E-state index contributed by atoms with van der Waals surface area (Å²) in [5, 5.41) is 3.37. The molecule has 0 saturated carbocycles. The zero-order chi connectivity index (χ0) is 13.1. The summed E-state index contributed by atoms with van der Waals surface area (Å²) >= 11 is 3.53. The highest BCUT2D eigenvalue weighted by molar-refractivity contribution is 9.10. The molecule has 2 rings (SSSR count). The first kappa shape index (κ1) is 13.8. The highest BCUT2D eigenvalue weighted by Crippen LogP contribution is 2.34. The lowest BCUT2D eigenvalue weighted by Crippen LogP contribution is -2.32. The molecule has 100 valence electrons. The van der Waals surface area contributed by atoms with Gasteiger partial charge in [0.15, 0.2) is 0 Å². The van der Waals surface area contributed by atoms with Gasteiger partial charge in [0.05, 0.1) is 23.7 Å². The second-order valence-corrected chi connectivity index (χ2v) is 5.62.